The summed E-state index contributed by atoms with van der Waals surface area (Å²) in [6, 6.07) is 0.514. The van der Waals surface area contributed by atoms with Crippen LogP contribution in [0, 0.1) is 5.92 Å². The molecular formula is C7H11BI2O. The van der Waals surface area contributed by atoms with Crippen LogP contribution in [0.1, 0.15) is 12.8 Å². The highest BCUT2D eigenvalue weighted by Crippen LogP contribution is 2.45. The third-order valence-electron chi connectivity index (χ3n) is 2.69. The quantitative estimate of drug-likeness (QED) is 0.353. The summed E-state index contributed by atoms with van der Waals surface area (Å²) >= 11 is 5.13. The monoisotopic (exact) mass is 376 g/mol. The Balaban J connectivity index is 2.10. The van der Waals surface area contributed by atoms with E-state index in [2.05, 4.69) is 53.0 Å². The van der Waals surface area contributed by atoms with Crippen LogP contribution < -0.4 is 0 Å². The zero-order valence-electron chi connectivity index (χ0n) is 6.47. The largest absolute Gasteiger partial charge is 0.383 e. The van der Waals surface area contributed by atoms with Crippen LogP contribution in [0.15, 0.2) is 0 Å². The van der Waals surface area contributed by atoms with Gasteiger partial charge in [0.25, 0.3) is 0 Å². The number of hydrogen-bond donors (Lipinski definition) is 0. The molecule has 1 aliphatic heterocycles. The first kappa shape index (κ1) is 9.06. The van der Waals surface area contributed by atoms with Crippen LogP contribution in [0.3, 0.4) is 0 Å². The van der Waals surface area contributed by atoms with Crippen molar-refractivity contribution in [2.75, 3.05) is 0 Å². The van der Waals surface area contributed by atoms with Gasteiger partial charge in [0.05, 0.1) is 6.10 Å². The summed E-state index contributed by atoms with van der Waals surface area (Å²) in [4.78, 5) is 0. The van der Waals surface area contributed by atoms with E-state index in [1.807, 2.05) is 0 Å². The van der Waals surface area contributed by atoms with Crippen LogP contribution in [-0.4, -0.2) is 27.8 Å². The molecule has 2 rings (SSSR count). The molecule has 0 spiro atoms. The Hall–Kier alpha value is 1.48. The van der Waals surface area contributed by atoms with Crippen molar-refractivity contribution in [2.24, 2.45) is 5.92 Å². The van der Waals surface area contributed by atoms with Crippen LogP contribution in [-0.2, 0) is 4.74 Å². The van der Waals surface area contributed by atoms with Gasteiger partial charge in [-0.05, 0) is 18.8 Å². The summed E-state index contributed by atoms with van der Waals surface area (Å²) in [5.41, 5.74) is 0. The number of fused-ring (bicyclic) bond motifs is 1. The Labute approximate surface area is 95.7 Å². The maximum absolute atomic E-state index is 5.86. The van der Waals surface area contributed by atoms with Crippen molar-refractivity contribution in [2.45, 2.75) is 32.8 Å². The summed E-state index contributed by atoms with van der Waals surface area (Å²) in [7, 11) is 2.20. The van der Waals surface area contributed by atoms with E-state index in [0.29, 0.717) is 12.1 Å². The maximum atomic E-state index is 5.86. The molecule has 0 aromatic carbocycles. The Kier molecular flexibility index (Phi) is 2.74. The lowest BCUT2D eigenvalue weighted by molar-refractivity contribution is 0.0881. The summed E-state index contributed by atoms with van der Waals surface area (Å²) in [6.07, 6.45) is 3.22. The molecule has 0 radical (unpaired) electrons. The number of alkyl halides is 2. The zero-order chi connectivity index (χ0) is 8.01. The molecule has 4 heteroatoms. The molecule has 2 aliphatic rings. The minimum atomic E-state index is 0.514. The highest BCUT2D eigenvalue weighted by Gasteiger charge is 2.46. The topological polar surface area (TPSA) is 9.23 Å². The fourth-order valence-electron chi connectivity index (χ4n) is 2.17. The normalized spacial score (nSPS) is 56.4. The molecule has 1 saturated heterocycles. The number of rotatable bonds is 0. The lowest BCUT2D eigenvalue weighted by Gasteiger charge is -2.12. The van der Waals surface area contributed by atoms with E-state index >= 15 is 0 Å². The molecule has 11 heavy (non-hydrogen) atoms. The molecular weight excluding hydrogens is 365 g/mol. The van der Waals surface area contributed by atoms with Crippen molar-refractivity contribution in [1.29, 1.82) is 0 Å². The van der Waals surface area contributed by atoms with Gasteiger partial charge in [-0.25, -0.2) is 0 Å². The molecule has 62 valence electrons. The highest BCUT2D eigenvalue weighted by molar-refractivity contribution is 14.1. The van der Waals surface area contributed by atoms with Crippen molar-refractivity contribution in [1.82, 2.24) is 0 Å². The SMILES string of the molecule is B[C@@H]1C[C@@H]2[C@H](O1)[C@H](I)C[C@H]2I. The molecule has 0 aromatic rings. The second kappa shape index (κ2) is 3.33. The van der Waals surface area contributed by atoms with E-state index in [1.165, 1.54) is 12.8 Å². The predicted molar refractivity (Wildman–Crippen MR) is 65.5 cm³/mol. The third kappa shape index (κ3) is 1.59. The number of hydrogen-bond acceptors (Lipinski definition) is 1. The van der Waals surface area contributed by atoms with E-state index in [4.69, 9.17) is 4.74 Å². The van der Waals surface area contributed by atoms with Gasteiger partial charge in [0.1, 0.15) is 7.85 Å². The van der Waals surface area contributed by atoms with Gasteiger partial charge in [-0.3, -0.25) is 0 Å². The minimum Gasteiger partial charge on any atom is -0.383 e. The van der Waals surface area contributed by atoms with Gasteiger partial charge in [-0.2, -0.15) is 0 Å². The molecule has 1 aliphatic carbocycles. The molecule has 1 nitrogen and oxygen atoms in total. The molecule has 0 N–H and O–H groups in total. The first-order chi connectivity index (χ1) is 5.18. The summed E-state index contributed by atoms with van der Waals surface area (Å²) in [5, 5.41) is 0. The van der Waals surface area contributed by atoms with E-state index < -0.39 is 0 Å². The predicted octanol–water partition coefficient (Wildman–Crippen LogP) is 1.36. The second-order valence-corrected chi connectivity index (χ2v) is 6.78. The fourth-order valence-corrected chi connectivity index (χ4v) is 5.65. The van der Waals surface area contributed by atoms with Gasteiger partial charge in [0.15, 0.2) is 0 Å². The van der Waals surface area contributed by atoms with Crippen molar-refractivity contribution in [3.05, 3.63) is 0 Å². The molecule has 2 fully saturated rings. The molecule has 1 saturated carbocycles. The van der Waals surface area contributed by atoms with Crippen LogP contribution in [0.2, 0.25) is 0 Å². The highest BCUT2D eigenvalue weighted by atomic mass is 127. The number of ether oxygens (including phenoxy) is 1. The van der Waals surface area contributed by atoms with E-state index in [0.717, 1.165) is 13.8 Å². The second-order valence-electron chi connectivity index (χ2n) is 3.58. The van der Waals surface area contributed by atoms with E-state index in [9.17, 15) is 0 Å². The van der Waals surface area contributed by atoms with Crippen LogP contribution in [0.25, 0.3) is 0 Å². The van der Waals surface area contributed by atoms with Crippen LogP contribution in [0.4, 0.5) is 0 Å². The molecule has 0 bridgehead atoms. The smallest absolute Gasteiger partial charge is 0.139 e. The van der Waals surface area contributed by atoms with Crippen LogP contribution in [0.5, 0.6) is 0 Å². The van der Waals surface area contributed by atoms with Gasteiger partial charge in [-0.1, -0.05) is 45.2 Å². The van der Waals surface area contributed by atoms with E-state index in [-0.39, 0.29) is 0 Å². The van der Waals surface area contributed by atoms with Crippen molar-refractivity contribution >= 4 is 53.0 Å². The van der Waals surface area contributed by atoms with E-state index in [1.54, 1.807) is 0 Å². The molecule has 5 atom stereocenters. The van der Waals surface area contributed by atoms with Crippen molar-refractivity contribution in [3.8, 4) is 0 Å². The summed E-state index contributed by atoms with van der Waals surface area (Å²) in [5.74, 6) is 0.854. The van der Waals surface area contributed by atoms with Gasteiger partial charge in [-0.15, -0.1) is 0 Å². The Morgan fingerprint density at radius 3 is 2.55 bits per heavy atom. The molecule has 0 unspecified atom stereocenters. The fraction of sp³-hybridized carbons (Fsp3) is 1.00. The molecule has 0 aromatic heterocycles. The van der Waals surface area contributed by atoms with Gasteiger partial charge in [0.2, 0.25) is 0 Å². The van der Waals surface area contributed by atoms with Crippen molar-refractivity contribution < 1.29 is 4.74 Å². The zero-order valence-corrected chi connectivity index (χ0v) is 10.8. The summed E-state index contributed by atoms with van der Waals surface area (Å²) in [6.45, 7) is 0. The van der Waals surface area contributed by atoms with Crippen LogP contribution >= 0.6 is 45.2 Å². The lowest BCUT2D eigenvalue weighted by atomic mass is 9.91. The Bertz CT molecular complexity index is 151. The standard InChI is InChI=1S/C7H11BI2O/c8-6-1-3-4(9)2-5(10)7(3)11-6/h3-7H,1-2,8H2/t3-,4+,5+,6-,7-/m0/s1. The third-order valence-corrected chi connectivity index (χ3v) is 5.34. The molecule has 0 amide bonds. The number of halogens is 2. The van der Waals surface area contributed by atoms with Gasteiger partial charge in [0, 0.05) is 13.9 Å². The first-order valence-corrected chi connectivity index (χ1v) is 6.61. The van der Waals surface area contributed by atoms with Gasteiger partial charge < -0.3 is 4.74 Å². The Morgan fingerprint density at radius 2 is 1.91 bits per heavy atom. The molecule has 1 heterocycles. The maximum Gasteiger partial charge on any atom is 0.139 e. The average Bonchev–Trinajstić information content (AvgIpc) is 2.38. The first-order valence-electron chi connectivity index (χ1n) is 4.12. The van der Waals surface area contributed by atoms with Crippen molar-refractivity contribution in [3.63, 3.8) is 0 Å². The Morgan fingerprint density at radius 1 is 1.18 bits per heavy atom. The van der Waals surface area contributed by atoms with Gasteiger partial charge >= 0.3 is 0 Å². The minimum absolute atomic E-state index is 0.514. The lowest BCUT2D eigenvalue weighted by Crippen LogP contribution is -2.19. The average molecular weight is 376 g/mol. The summed E-state index contributed by atoms with van der Waals surface area (Å²) < 4.78 is 7.49.